The summed E-state index contributed by atoms with van der Waals surface area (Å²) in [7, 11) is 6.03. The second kappa shape index (κ2) is 3.45. The van der Waals surface area contributed by atoms with E-state index in [1.54, 1.807) is 0 Å². The van der Waals surface area contributed by atoms with Crippen LogP contribution in [0.5, 0.6) is 0 Å². The molecule has 0 aromatic carbocycles. The van der Waals surface area contributed by atoms with Crippen LogP contribution in [0.25, 0.3) is 0 Å². The summed E-state index contributed by atoms with van der Waals surface area (Å²) >= 11 is 0. The number of rotatable bonds is 3. The van der Waals surface area contributed by atoms with Gasteiger partial charge in [-0.3, -0.25) is 0 Å². The van der Waals surface area contributed by atoms with Gasteiger partial charge in [-0.2, -0.15) is 0 Å². The van der Waals surface area contributed by atoms with Crippen LogP contribution in [0.2, 0.25) is 5.82 Å². The number of hydrogen-bond acceptors (Lipinski definition) is 0. The van der Waals surface area contributed by atoms with Crippen molar-refractivity contribution < 1.29 is 0 Å². The largest absolute Gasteiger partial charge is 0.0721 e. The molecule has 2 unspecified atom stereocenters. The lowest BCUT2D eigenvalue weighted by atomic mass is 9.61. The van der Waals surface area contributed by atoms with E-state index < -0.39 is 0 Å². The van der Waals surface area contributed by atoms with E-state index in [0.717, 1.165) is 11.8 Å². The molecule has 2 atom stereocenters. The Morgan fingerprint density at radius 1 is 1.50 bits per heavy atom. The molecule has 2 radical (unpaired) electrons. The van der Waals surface area contributed by atoms with Crippen LogP contribution >= 0.6 is 0 Å². The topological polar surface area (TPSA) is 0 Å². The minimum atomic E-state index is 0.485. The third-order valence-corrected chi connectivity index (χ3v) is 3.00. The second-order valence-electron chi connectivity index (χ2n) is 3.65. The molecule has 0 saturated heterocycles. The van der Waals surface area contributed by atoms with Gasteiger partial charge in [0, 0.05) is 0 Å². The van der Waals surface area contributed by atoms with Gasteiger partial charge < -0.3 is 0 Å². The summed E-state index contributed by atoms with van der Waals surface area (Å²) in [5.74, 6) is 2.07. The first-order chi connectivity index (χ1) is 4.75. The fourth-order valence-electron chi connectivity index (χ4n) is 1.56. The first-order valence-electron chi connectivity index (χ1n) is 4.51. The maximum absolute atomic E-state index is 6.03. The lowest BCUT2D eigenvalue weighted by molar-refractivity contribution is 0.255. The molecule has 1 fully saturated rings. The smallest absolute Gasteiger partial charge is 0.0706 e. The van der Waals surface area contributed by atoms with Crippen molar-refractivity contribution in [2.24, 2.45) is 11.8 Å². The second-order valence-corrected chi connectivity index (χ2v) is 3.65. The molecular formula is C9H17B. The Bertz CT molecular complexity index is 92.1. The van der Waals surface area contributed by atoms with Gasteiger partial charge in [-0.25, -0.2) is 0 Å². The molecule has 0 spiro atoms. The molecule has 10 heavy (non-hydrogen) atoms. The van der Waals surface area contributed by atoms with Crippen molar-refractivity contribution in [3.05, 3.63) is 0 Å². The highest BCUT2D eigenvalue weighted by Gasteiger charge is 2.25. The zero-order valence-corrected chi connectivity index (χ0v) is 7.14. The zero-order valence-electron chi connectivity index (χ0n) is 7.14. The quantitative estimate of drug-likeness (QED) is 0.523. The first-order valence-corrected chi connectivity index (χ1v) is 4.51. The lowest BCUT2D eigenvalue weighted by Gasteiger charge is -2.35. The Kier molecular flexibility index (Phi) is 2.82. The summed E-state index contributed by atoms with van der Waals surface area (Å²) in [6, 6.07) is 0. The molecule has 0 N–H and O–H groups in total. The predicted octanol–water partition coefficient (Wildman–Crippen LogP) is 2.79. The highest BCUT2D eigenvalue weighted by atomic mass is 14.3. The average Bonchev–Trinajstić information content (AvgIpc) is 1.82. The van der Waals surface area contributed by atoms with E-state index in [1.807, 2.05) is 0 Å². The van der Waals surface area contributed by atoms with Crippen molar-refractivity contribution in [1.82, 2.24) is 0 Å². The maximum atomic E-state index is 6.03. The Hall–Kier alpha value is 0.0649. The highest BCUT2D eigenvalue weighted by Crippen LogP contribution is 2.39. The predicted molar refractivity (Wildman–Crippen MR) is 46.3 cm³/mol. The molecule has 1 aliphatic rings. The van der Waals surface area contributed by atoms with Gasteiger partial charge in [-0.15, -0.1) is 0 Å². The normalized spacial score (nSPS) is 25.4. The summed E-state index contributed by atoms with van der Waals surface area (Å²) < 4.78 is 0. The summed E-state index contributed by atoms with van der Waals surface area (Å²) in [6.45, 7) is 4.49. The van der Waals surface area contributed by atoms with E-state index >= 15 is 0 Å². The molecule has 0 aliphatic heterocycles. The molecule has 0 amide bonds. The fraction of sp³-hybridized carbons (Fsp3) is 1.00. The van der Waals surface area contributed by atoms with Crippen LogP contribution in [-0.4, -0.2) is 7.85 Å². The fourth-order valence-corrected chi connectivity index (χ4v) is 1.56. The minimum Gasteiger partial charge on any atom is -0.0721 e. The average molecular weight is 136 g/mol. The Labute approximate surface area is 65.8 Å². The molecular weight excluding hydrogens is 119 g/mol. The Balaban J connectivity index is 2.24. The van der Waals surface area contributed by atoms with Gasteiger partial charge in [0.15, 0.2) is 0 Å². The van der Waals surface area contributed by atoms with Crippen molar-refractivity contribution in [3.63, 3.8) is 0 Å². The molecule has 0 bridgehead atoms. The van der Waals surface area contributed by atoms with Crippen molar-refractivity contribution >= 4 is 7.85 Å². The van der Waals surface area contributed by atoms with E-state index in [-0.39, 0.29) is 0 Å². The van der Waals surface area contributed by atoms with Crippen LogP contribution in [-0.2, 0) is 0 Å². The number of hydrogen-bond donors (Lipinski definition) is 0. The Morgan fingerprint density at radius 3 is 2.40 bits per heavy atom. The van der Waals surface area contributed by atoms with Gasteiger partial charge in [0.25, 0.3) is 0 Å². The molecule has 0 aromatic rings. The van der Waals surface area contributed by atoms with Crippen LogP contribution in [0, 0.1) is 11.8 Å². The van der Waals surface area contributed by atoms with Gasteiger partial charge in [0.1, 0.15) is 0 Å². The van der Waals surface area contributed by atoms with Crippen molar-refractivity contribution in [3.8, 4) is 0 Å². The van der Waals surface area contributed by atoms with Crippen LogP contribution in [0.1, 0.15) is 39.5 Å². The van der Waals surface area contributed by atoms with E-state index in [1.165, 1.54) is 25.7 Å². The van der Waals surface area contributed by atoms with Gasteiger partial charge in [-0.1, -0.05) is 45.3 Å². The molecule has 0 aromatic heterocycles. The van der Waals surface area contributed by atoms with Crippen molar-refractivity contribution in [1.29, 1.82) is 0 Å². The maximum Gasteiger partial charge on any atom is 0.0706 e. The van der Waals surface area contributed by atoms with Gasteiger partial charge in [0.05, 0.1) is 7.85 Å². The first kappa shape index (κ1) is 8.16. The monoisotopic (exact) mass is 136 g/mol. The van der Waals surface area contributed by atoms with Crippen LogP contribution < -0.4 is 0 Å². The van der Waals surface area contributed by atoms with E-state index in [0.29, 0.717) is 5.82 Å². The molecule has 1 saturated carbocycles. The van der Waals surface area contributed by atoms with Crippen molar-refractivity contribution in [2.75, 3.05) is 0 Å². The van der Waals surface area contributed by atoms with Crippen LogP contribution in [0.15, 0.2) is 0 Å². The van der Waals surface area contributed by atoms with Crippen LogP contribution in [0.3, 0.4) is 0 Å². The van der Waals surface area contributed by atoms with Gasteiger partial charge >= 0.3 is 0 Å². The molecule has 1 heteroatoms. The van der Waals surface area contributed by atoms with Crippen molar-refractivity contribution in [2.45, 2.75) is 45.3 Å². The molecule has 1 rings (SSSR count). The third-order valence-electron chi connectivity index (χ3n) is 3.00. The van der Waals surface area contributed by atoms with E-state index in [2.05, 4.69) is 13.8 Å². The molecule has 1 aliphatic carbocycles. The standard InChI is InChI=1S/C9H17B/c1-3-7(2)9(10)8-5-4-6-8/h7-9H,3-6H2,1-2H3. The SMILES string of the molecule is [B]C(C(C)CC)C1CCC1. The third kappa shape index (κ3) is 1.56. The highest BCUT2D eigenvalue weighted by molar-refractivity contribution is 6.12. The Morgan fingerprint density at radius 2 is 2.10 bits per heavy atom. The van der Waals surface area contributed by atoms with Gasteiger partial charge in [0.2, 0.25) is 0 Å². The van der Waals surface area contributed by atoms with Crippen LogP contribution in [0.4, 0.5) is 0 Å². The summed E-state index contributed by atoms with van der Waals surface area (Å²) in [5.41, 5.74) is 0. The summed E-state index contributed by atoms with van der Waals surface area (Å²) in [5, 5.41) is 0. The zero-order chi connectivity index (χ0) is 7.56. The van der Waals surface area contributed by atoms with E-state index in [4.69, 9.17) is 7.85 Å². The molecule has 0 nitrogen and oxygen atoms in total. The lowest BCUT2D eigenvalue weighted by Crippen LogP contribution is -2.22. The minimum absolute atomic E-state index is 0.485. The summed E-state index contributed by atoms with van der Waals surface area (Å²) in [6.07, 6.45) is 5.41. The molecule has 0 heterocycles. The summed E-state index contributed by atoms with van der Waals surface area (Å²) in [4.78, 5) is 0. The van der Waals surface area contributed by atoms with Gasteiger partial charge in [-0.05, 0) is 11.8 Å². The van der Waals surface area contributed by atoms with E-state index in [9.17, 15) is 0 Å². The molecule has 56 valence electrons.